The molecule has 1 aromatic carbocycles. The predicted molar refractivity (Wildman–Crippen MR) is 86.2 cm³/mol. The number of rotatable bonds is 7. The minimum atomic E-state index is -0.623. The molecule has 2 N–H and O–H groups in total. The first-order chi connectivity index (χ1) is 11.0. The molecule has 1 fully saturated rings. The highest BCUT2D eigenvalue weighted by Gasteiger charge is 2.20. The van der Waals surface area contributed by atoms with Crippen LogP contribution in [0.15, 0.2) is 18.2 Å². The molecule has 0 radical (unpaired) electrons. The van der Waals surface area contributed by atoms with Crippen molar-refractivity contribution < 1.29 is 24.5 Å². The Hall–Kier alpha value is -1.63. The standard InChI is InChI=1S/C17H25NO5/c1-12(19)13-3-4-16(17(9-13)22-2)23-11-15(21)10-18-7-5-14(20)6-8-18/h3-4,9,14-15,20-21H,5-8,10-11H2,1-2H3/t15-/m0/s1. The van der Waals surface area contributed by atoms with Crippen LogP contribution in [0.3, 0.4) is 0 Å². The number of benzene rings is 1. The molecule has 6 nitrogen and oxygen atoms in total. The van der Waals surface area contributed by atoms with Gasteiger partial charge in [-0.3, -0.25) is 4.79 Å². The van der Waals surface area contributed by atoms with Crippen molar-refractivity contribution in [3.63, 3.8) is 0 Å². The molecular formula is C17H25NO5. The molecule has 0 amide bonds. The molecule has 0 aromatic heterocycles. The molecular weight excluding hydrogens is 298 g/mol. The summed E-state index contributed by atoms with van der Waals surface area (Å²) in [4.78, 5) is 13.5. The van der Waals surface area contributed by atoms with Gasteiger partial charge in [-0.05, 0) is 38.0 Å². The van der Waals surface area contributed by atoms with Gasteiger partial charge in [0.05, 0.1) is 13.2 Å². The number of hydrogen-bond donors (Lipinski definition) is 2. The fourth-order valence-corrected chi connectivity index (χ4v) is 2.64. The zero-order valence-electron chi connectivity index (χ0n) is 13.7. The highest BCUT2D eigenvalue weighted by atomic mass is 16.5. The van der Waals surface area contributed by atoms with Gasteiger partial charge in [0.2, 0.25) is 0 Å². The average molecular weight is 323 g/mol. The van der Waals surface area contributed by atoms with E-state index < -0.39 is 6.10 Å². The van der Waals surface area contributed by atoms with Gasteiger partial charge in [-0.15, -0.1) is 0 Å². The molecule has 0 saturated carbocycles. The molecule has 1 atom stereocenters. The quantitative estimate of drug-likeness (QED) is 0.732. The summed E-state index contributed by atoms with van der Waals surface area (Å²) in [6.45, 7) is 3.73. The van der Waals surface area contributed by atoms with E-state index in [2.05, 4.69) is 4.90 Å². The van der Waals surface area contributed by atoms with Crippen molar-refractivity contribution in [1.29, 1.82) is 0 Å². The molecule has 1 aliphatic heterocycles. The number of nitrogens with zero attached hydrogens (tertiary/aromatic N) is 1. The Balaban J connectivity index is 1.86. The van der Waals surface area contributed by atoms with Gasteiger partial charge in [0.25, 0.3) is 0 Å². The monoisotopic (exact) mass is 323 g/mol. The average Bonchev–Trinajstić information content (AvgIpc) is 2.54. The minimum Gasteiger partial charge on any atom is -0.493 e. The van der Waals surface area contributed by atoms with Gasteiger partial charge in [0.1, 0.15) is 12.7 Å². The summed E-state index contributed by atoms with van der Waals surface area (Å²) in [5.74, 6) is 0.943. The second-order valence-electron chi connectivity index (χ2n) is 5.92. The Kier molecular flexibility index (Phi) is 6.38. The number of β-amino-alcohol motifs (C(OH)–C–C–N with tert-alkyl or cyclic N) is 1. The smallest absolute Gasteiger partial charge is 0.161 e. The van der Waals surface area contributed by atoms with E-state index in [0.29, 0.717) is 23.6 Å². The third kappa shape index (κ3) is 5.20. The maximum absolute atomic E-state index is 11.4. The van der Waals surface area contributed by atoms with E-state index in [-0.39, 0.29) is 18.5 Å². The van der Waals surface area contributed by atoms with Gasteiger partial charge in [-0.2, -0.15) is 0 Å². The lowest BCUT2D eigenvalue weighted by molar-refractivity contribution is 0.0333. The first kappa shape index (κ1) is 17.7. The molecule has 23 heavy (non-hydrogen) atoms. The van der Waals surface area contributed by atoms with E-state index in [1.165, 1.54) is 14.0 Å². The number of aliphatic hydroxyl groups excluding tert-OH is 2. The number of hydrogen-bond acceptors (Lipinski definition) is 6. The van der Waals surface area contributed by atoms with Crippen LogP contribution in [-0.4, -0.2) is 66.5 Å². The lowest BCUT2D eigenvalue weighted by atomic mass is 10.1. The molecule has 0 spiro atoms. The fourth-order valence-electron chi connectivity index (χ4n) is 2.64. The van der Waals surface area contributed by atoms with Crippen LogP contribution in [0, 0.1) is 0 Å². The van der Waals surface area contributed by atoms with Gasteiger partial charge in [-0.1, -0.05) is 0 Å². The van der Waals surface area contributed by atoms with E-state index >= 15 is 0 Å². The van der Waals surface area contributed by atoms with Crippen molar-refractivity contribution in [2.75, 3.05) is 33.4 Å². The van der Waals surface area contributed by atoms with Crippen LogP contribution in [0.1, 0.15) is 30.1 Å². The van der Waals surface area contributed by atoms with Crippen LogP contribution in [-0.2, 0) is 0 Å². The topological polar surface area (TPSA) is 79.2 Å². The van der Waals surface area contributed by atoms with Crippen LogP contribution in [0.4, 0.5) is 0 Å². The van der Waals surface area contributed by atoms with Crippen molar-refractivity contribution in [2.24, 2.45) is 0 Å². The van der Waals surface area contributed by atoms with Crippen molar-refractivity contribution in [3.05, 3.63) is 23.8 Å². The number of piperidine rings is 1. The van der Waals surface area contributed by atoms with Crippen molar-refractivity contribution in [2.45, 2.75) is 32.0 Å². The summed E-state index contributed by atoms with van der Waals surface area (Å²) in [7, 11) is 1.52. The lowest BCUT2D eigenvalue weighted by Gasteiger charge is -2.30. The molecule has 1 saturated heterocycles. The molecule has 0 unspecified atom stereocenters. The van der Waals surface area contributed by atoms with Gasteiger partial charge in [-0.25, -0.2) is 0 Å². The number of likely N-dealkylation sites (tertiary alicyclic amines) is 1. The SMILES string of the molecule is COc1cc(C(C)=O)ccc1OC[C@@H](O)CN1CCC(O)CC1. The van der Waals surface area contributed by atoms with Crippen LogP contribution < -0.4 is 9.47 Å². The van der Waals surface area contributed by atoms with Crippen molar-refractivity contribution in [3.8, 4) is 11.5 Å². The largest absolute Gasteiger partial charge is 0.493 e. The maximum atomic E-state index is 11.4. The van der Waals surface area contributed by atoms with Crippen LogP contribution in [0.2, 0.25) is 0 Å². The van der Waals surface area contributed by atoms with E-state index in [0.717, 1.165) is 25.9 Å². The van der Waals surface area contributed by atoms with Crippen molar-refractivity contribution >= 4 is 5.78 Å². The second-order valence-corrected chi connectivity index (χ2v) is 5.92. The van der Waals surface area contributed by atoms with Gasteiger partial charge >= 0.3 is 0 Å². The van der Waals surface area contributed by atoms with Crippen LogP contribution >= 0.6 is 0 Å². The summed E-state index contributed by atoms with van der Waals surface area (Å²) in [5.41, 5.74) is 0.557. The summed E-state index contributed by atoms with van der Waals surface area (Å²) < 4.78 is 10.9. The van der Waals surface area contributed by atoms with Crippen LogP contribution in [0.25, 0.3) is 0 Å². The maximum Gasteiger partial charge on any atom is 0.161 e. The number of Topliss-reactive ketones (excluding diaryl/α,β-unsaturated/α-hetero) is 1. The van der Waals surface area contributed by atoms with Crippen molar-refractivity contribution in [1.82, 2.24) is 4.90 Å². The molecule has 128 valence electrons. The summed E-state index contributed by atoms with van der Waals surface area (Å²) in [6.07, 6.45) is 0.646. The van der Waals surface area contributed by atoms with Gasteiger partial charge in [0.15, 0.2) is 17.3 Å². The number of methoxy groups -OCH3 is 1. The molecule has 1 aromatic rings. The Morgan fingerprint density at radius 2 is 2.04 bits per heavy atom. The zero-order valence-corrected chi connectivity index (χ0v) is 13.7. The molecule has 0 aliphatic carbocycles. The normalized spacial score (nSPS) is 17.7. The summed E-state index contributed by atoms with van der Waals surface area (Å²) >= 11 is 0. The van der Waals surface area contributed by atoms with Gasteiger partial charge < -0.3 is 24.6 Å². The number of aliphatic hydroxyl groups is 2. The molecule has 1 aliphatic rings. The molecule has 0 bridgehead atoms. The summed E-state index contributed by atoms with van der Waals surface area (Å²) in [6, 6.07) is 4.99. The lowest BCUT2D eigenvalue weighted by Crippen LogP contribution is -2.41. The van der Waals surface area contributed by atoms with Crippen LogP contribution in [0.5, 0.6) is 11.5 Å². The van der Waals surface area contributed by atoms with E-state index in [9.17, 15) is 15.0 Å². The number of ether oxygens (including phenoxy) is 2. The molecule has 2 rings (SSSR count). The minimum absolute atomic E-state index is 0.0397. The van der Waals surface area contributed by atoms with E-state index in [4.69, 9.17) is 9.47 Å². The van der Waals surface area contributed by atoms with E-state index in [1.54, 1.807) is 18.2 Å². The Bertz CT molecular complexity index is 526. The molecule has 1 heterocycles. The Morgan fingerprint density at radius 1 is 1.35 bits per heavy atom. The van der Waals surface area contributed by atoms with Gasteiger partial charge in [0, 0.05) is 25.2 Å². The predicted octanol–water partition coefficient (Wildman–Crippen LogP) is 1.09. The number of carbonyl (C=O) groups is 1. The second kappa shape index (κ2) is 8.29. The Labute approximate surface area is 136 Å². The zero-order chi connectivity index (χ0) is 16.8. The number of ketones is 1. The molecule has 6 heteroatoms. The highest BCUT2D eigenvalue weighted by Crippen LogP contribution is 2.28. The fraction of sp³-hybridized carbons (Fsp3) is 0.588. The summed E-state index contributed by atoms with van der Waals surface area (Å²) in [5, 5.41) is 19.6. The Morgan fingerprint density at radius 3 is 2.65 bits per heavy atom. The number of carbonyl (C=O) groups excluding carboxylic acids is 1. The third-order valence-electron chi connectivity index (χ3n) is 4.03. The first-order valence-corrected chi connectivity index (χ1v) is 7.90. The van der Waals surface area contributed by atoms with E-state index in [1.807, 2.05) is 0 Å². The third-order valence-corrected chi connectivity index (χ3v) is 4.03. The highest BCUT2D eigenvalue weighted by molar-refractivity contribution is 5.94. The first-order valence-electron chi connectivity index (χ1n) is 7.90.